The van der Waals surface area contributed by atoms with E-state index in [4.69, 9.17) is 15.3 Å². The largest absolute Gasteiger partial charge is 0.417 e. The van der Waals surface area contributed by atoms with Crippen molar-refractivity contribution in [1.82, 2.24) is 0 Å². The van der Waals surface area contributed by atoms with E-state index in [1.54, 1.807) is 0 Å². The Bertz CT molecular complexity index is 357. The van der Waals surface area contributed by atoms with Crippen LogP contribution in [0.15, 0.2) is 0 Å². The minimum atomic E-state index is -5.94. The summed E-state index contributed by atoms with van der Waals surface area (Å²) in [4.78, 5) is 0. The third-order valence-corrected chi connectivity index (χ3v) is 2.68. The Morgan fingerprint density at radius 3 is 1.43 bits per heavy atom. The predicted octanol–water partition coefficient (Wildman–Crippen LogP) is 2.30. The Kier molecular flexibility index (Phi) is 5.27. The van der Waals surface area contributed by atoms with Crippen molar-refractivity contribution in [2.75, 3.05) is 0 Å². The second-order valence-corrected chi connectivity index (χ2v) is 4.74. The lowest BCUT2D eigenvalue weighted by Gasteiger charge is -2.38. The summed E-state index contributed by atoms with van der Waals surface area (Å²) < 4.78 is 111. The average Bonchev–Trinajstić information content (AvgIpc) is 2.10. The Balaban J connectivity index is 5.51. The molecule has 3 atom stereocenters. The first kappa shape index (κ1) is 20.2. The van der Waals surface area contributed by atoms with Gasteiger partial charge in [-0.1, -0.05) is 0 Å². The number of halogens is 9. The summed E-state index contributed by atoms with van der Waals surface area (Å²) in [5, 5.41) is 26.6. The fourth-order valence-corrected chi connectivity index (χ4v) is 1.39. The molecule has 0 aliphatic heterocycles. The van der Waals surface area contributed by atoms with Gasteiger partial charge in [-0.2, -0.15) is 39.5 Å². The smallest absolute Gasteiger partial charge is 0.384 e. The molecule has 0 aromatic carbocycles. The molecule has 3 nitrogen and oxygen atoms in total. The molecule has 0 aliphatic rings. The number of aliphatic hydroxyl groups is 3. The number of hydrogen-bond acceptors (Lipinski definition) is 3. The number of rotatable bonds is 4. The van der Waals surface area contributed by atoms with Gasteiger partial charge in [0.1, 0.15) is 0 Å². The maximum Gasteiger partial charge on any atom is 0.417 e. The predicted molar refractivity (Wildman–Crippen MR) is 49.0 cm³/mol. The van der Waals surface area contributed by atoms with Crippen LogP contribution in [0.5, 0.6) is 0 Å². The number of hydrogen-bond donors (Lipinski definition) is 3. The summed E-state index contributed by atoms with van der Waals surface area (Å²) in [6, 6.07) is 0. The maximum absolute atomic E-state index is 12.6. The van der Waals surface area contributed by atoms with Crippen molar-refractivity contribution < 1.29 is 54.8 Å². The van der Waals surface area contributed by atoms with E-state index in [2.05, 4.69) is 0 Å². The molecule has 128 valence electrons. The Morgan fingerprint density at radius 2 is 1.19 bits per heavy atom. The van der Waals surface area contributed by atoms with Gasteiger partial charge in [-0.25, -0.2) is 0 Å². The van der Waals surface area contributed by atoms with Crippen LogP contribution in [0.25, 0.3) is 0 Å². The highest BCUT2D eigenvalue weighted by Crippen LogP contribution is 2.45. The summed E-state index contributed by atoms with van der Waals surface area (Å²) in [5.41, 5.74) is -8.69. The van der Waals surface area contributed by atoms with Crippen LogP contribution in [0.3, 0.4) is 0 Å². The topological polar surface area (TPSA) is 60.7 Å². The van der Waals surface area contributed by atoms with Gasteiger partial charge in [-0.3, -0.25) is 0 Å². The normalized spacial score (nSPS) is 21.6. The van der Waals surface area contributed by atoms with E-state index in [1.807, 2.05) is 0 Å². The van der Waals surface area contributed by atoms with Crippen molar-refractivity contribution >= 4 is 0 Å². The molecule has 0 rings (SSSR count). The molecule has 21 heavy (non-hydrogen) atoms. The zero-order valence-electron chi connectivity index (χ0n) is 10.2. The molecule has 0 fully saturated rings. The third kappa shape index (κ3) is 4.88. The van der Waals surface area contributed by atoms with Gasteiger partial charge in [-0.15, -0.1) is 0 Å². The number of aliphatic hydroxyl groups excluding tert-OH is 1. The van der Waals surface area contributed by atoms with Gasteiger partial charge in [0.2, 0.25) is 0 Å². The molecule has 0 aliphatic carbocycles. The highest BCUT2D eigenvalue weighted by atomic mass is 19.4. The quantitative estimate of drug-likeness (QED) is 0.690. The SMILES string of the molecule is CC(O)(CC(O)(CC(O)C(F)(F)F)C(F)(F)F)C(F)(F)F. The zero-order chi connectivity index (χ0) is 17.5. The van der Waals surface area contributed by atoms with E-state index in [-0.39, 0.29) is 6.92 Å². The van der Waals surface area contributed by atoms with Crippen LogP contribution in [0.2, 0.25) is 0 Å². The molecule has 3 unspecified atom stereocenters. The molecule has 0 bridgehead atoms. The van der Waals surface area contributed by atoms with Crippen LogP contribution in [0.1, 0.15) is 19.8 Å². The summed E-state index contributed by atoms with van der Waals surface area (Å²) in [5.74, 6) is 0. The van der Waals surface area contributed by atoms with Crippen LogP contribution >= 0.6 is 0 Å². The minimum Gasteiger partial charge on any atom is -0.384 e. The van der Waals surface area contributed by atoms with E-state index in [0.717, 1.165) is 0 Å². The molecule has 0 spiro atoms. The standard InChI is InChI=1S/C9H11F9O3/c1-5(20,8(13,14)15)3-6(21,9(16,17)18)2-4(19)7(10,11)12/h4,19-21H,2-3H2,1H3. The minimum absolute atomic E-state index is 0.135. The van der Waals surface area contributed by atoms with Crippen molar-refractivity contribution in [2.45, 2.75) is 55.6 Å². The summed E-state index contributed by atoms with van der Waals surface area (Å²) in [7, 11) is 0. The molecule has 0 amide bonds. The molecule has 0 radical (unpaired) electrons. The lowest BCUT2D eigenvalue weighted by molar-refractivity contribution is -0.324. The fourth-order valence-electron chi connectivity index (χ4n) is 1.39. The van der Waals surface area contributed by atoms with Crippen molar-refractivity contribution in [3.8, 4) is 0 Å². The van der Waals surface area contributed by atoms with Gasteiger partial charge in [0.05, 0.1) is 0 Å². The van der Waals surface area contributed by atoms with E-state index in [0.29, 0.717) is 0 Å². The summed E-state index contributed by atoms with van der Waals surface area (Å²) in [6.45, 7) is -0.135. The molecular weight excluding hydrogens is 327 g/mol. The highest BCUT2D eigenvalue weighted by molar-refractivity contribution is 4.98. The monoisotopic (exact) mass is 338 g/mol. The third-order valence-electron chi connectivity index (χ3n) is 2.68. The molecule has 0 saturated heterocycles. The summed E-state index contributed by atoms with van der Waals surface area (Å²) >= 11 is 0. The van der Waals surface area contributed by atoms with Crippen LogP contribution in [-0.4, -0.2) is 51.2 Å². The maximum atomic E-state index is 12.6. The van der Waals surface area contributed by atoms with Gasteiger partial charge >= 0.3 is 18.5 Å². The molecule has 0 aromatic heterocycles. The second-order valence-electron chi connectivity index (χ2n) is 4.74. The molecule has 0 aromatic rings. The van der Waals surface area contributed by atoms with Crippen molar-refractivity contribution in [3.05, 3.63) is 0 Å². The zero-order valence-corrected chi connectivity index (χ0v) is 10.2. The number of alkyl halides is 9. The van der Waals surface area contributed by atoms with E-state index in [9.17, 15) is 39.5 Å². The van der Waals surface area contributed by atoms with E-state index in [1.165, 1.54) is 0 Å². The van der Waals surface area contributed by atoms with Crippen LogP contribution in [0.4, 0.5) is 39.5 Å². The van der Waals surface area contributed by atoms with Crippen LogP contribution < -0.4 is 0 Å². The second kappa shape index (κ2) is 5.47. The van der Waals surface area contributed by atoms with Gasteiger partial charge in [0.25, 0.3) is 0 Å². The first-order chi connectivity index (χ1) is 8.83. The summed E-state index contributed by atoms with van der Waals surface area (Å²) in [6.07, 6.45) is -25.9. The van der Waals surface area contributed by atoms with Gasteiger partial charge in [0, 0.05) is 12.8 Å². The Morgan fingerprint density at radius 1 is 0.810 bits per heavy atom. The molecule has 0 saturated carbocycles. The first-order valence-corrected chi connectivity index (χ1v) is 5.16. The molecule has 3 N–H and O–H groups in total. The van der Waals surface area contributed by atoms with Crippen LogP contribution in [0, 0.1) is 0 Å². The van der Waals surface area contributed by atoms with E-state index >= 15 is 0 Å². The van der Waals surface area contributed by atoms with E-state index < -0.39 is 48.7 Å². The molecule has 12 heteroatoms. The van der Waals surface area contributed by atoms with Crippen LogP contribution in [-0.2, 0) is 0 Å². The highest BCUT2D eigenvalue weighted by Gasteiger charge is 2.64. The first-order valence-electron chi connectivity index (χ1n) is 5.16. The van der Waals surface area contributed by atoms with Gasteiger partial charge in [0.15, 0.2) is 17.3 Å². The Labute approximate surface area is 112 Å². The average molecular weight is 338 g/mol. The van der Waals surface area contributed by atoms with Gasteiger partial charge < -0.3 is 15.3 Å². The lowest BCUT2D eigenvalue weighted by Crippen LogP contribution is -2.57. The fraction of sp³-hybridized carbons (Fsp3) is 1.00. The molecule has 0 heterocycles. The molecular formula is C9H11F9O3. The lowest BCUT2D eigenvalue weighted by atomic mass is 9.83. The van der Waals surface area contributed by atoms with Gasteiger partial charge in [-0.05, 0) is 6.92 Å². The van der Waals surface area contributed by atoms with Crippen molar-refractivity contribution in [1.29, 1.82) is 0 Å². The van der Waals surface area contributed by atoms with Crippen molar-refractivity contribution in [2.24, 2.45) is 0 Å². The van der Waals surface area contributed by atoms with Crippen molar-refractivity contribution in [3.63, 3.8) is 0 Å². The Hall–Kier alpha value is -0.750.